The van der Waals surface area contributed by atoms with E-state index in [9.17, 15) is 13.9 Å². The molecular weight excluding hydrogens is 282 g/mol. The maximum atomic E-state index is 14.0. The second-order valence-electron chi connectivity index (χ2n) is 4.91. The molecule has 0 saturated heterocycles. The Labute approximate surface area is 121 Å². The largest absolute Gasteiger partial charge is 0.388 e. The van der Waals surface area contributed by atoms with Gasteiger partial charge in [0.1, 0.15) is 11.6 Å². The van der Waals surface area contributed by atoms with Crippen molar-refractivity contribution < 1.29 is 13.9 Å². The molecule has 1 unspecified atom stereocenters. The number of hydrogen-bond acceptors (Lipinski definition) is 1. The summed E-state index contributed by atoms with van der Waals surface area (Å²) in [4.78, 5) is 0. The zero-order chi connectivity index (χ0) is 14.9. The third-order valence-corrected chi connectivity index (χ3v) is 3.55. The average molecular weight is 297 g/mol. The lowest BCUT2D eigenvalue weighted by Crippen LogP contribution is -2.08. The first kappa shape index (κ1) is 14.9. The molecule has 106 valence electrons. The van der Waals surface area contributed by atoms with Gasteiger partial charge in [-0.25, -0.2) is 8.78 Å². The van der Waals surface area contributed by atoms with Crippen LogP contribution < -0.4 is 0 Å². The SMILES string of the molecule is Cc1cc(C)c(C(O)Cc2cccc(Cl)c2F)c(F)c1. The fourth-order valence-electron chi connectivity index (χ4n) is 2.37. The van der Waals surface area contributed by atoms with Gasteiger partial charge in [-0.1, -0.05) is 29.8 Å². The van der Waals surface area contributed by atoms with Crippen LogP contribution in [0.4, 0.5) is 8.78 Å². The van der Waals surface area contributed by atoms with Crippen LogP contribution in [0.5, 0.6) is 0 Å². The molecule has 2 aromatic rings. The molecule has 0 fully saturated rings. The fourth-order valence-corrected chi connectivity index (χ4v) is 2.56. The first-order valence-electron chi connectivity index (χ1n) is 6.27. The number of aliphatic hydroxyl groups is 1. The highest BCUT2D eigenvalue weighted by molar-refractivity contribution is 6.30. The first-order valence-corrected chi connectivity index (χ1v) is 6.65. The molecule has 0 aliphatic rings. The standard InChI is InChI=1S/C16H15ClF2O/c1-9-6-10(2)15(13(18)7-9)14(20)8-11-4-3-5-12(17)16(11)19/h3-7,14,20H,8H2,1-2H3. The Bertz CT molecular complexity index is 617. The van der Waals surface area contributed by atoms with Crippen LogP contribution in [0.3, 0.4) is 0 Å². The Kier molecular flexibility index (Phi) is 4.41. The number of aryl methyl sites for hydroxylation is 2. The predicted octanol–water partition coefficient (Wildman–Crippen LogP) is 4.51. The number of halogens is 3. The highest BCUT2D eigenvalue weighted by Gasteiger charge is 2.19. The van der Waals surface area contributed by atoms with E-state index >= 15 is 0 Å². The molecule has 0 aromatic heterocycles. The van der Waals surface area contributed by atoms with Crippen LogP contribution in [-0.4, -0.2) is 5.11 Å². The van der Waals surface area contributed by atoms with Crippen LogP contribution in [0.25, 0.3) is 0 Å². The number of aliphatic hydroxyl groups excluding tert-OH is 1. The lowest BCUT2D eigenvalue weighted by atomic mass is 9.95. The van der Waals surface area contributed by atoms with Gasteiger partial charge in [0.05, 0.1) is 11.1 Å². The minimum Gasteiger partial charge on any atom is -0.388 e. The van der Waals surface area contributed by atoms with Crippen molar-refractivity contribution in [1.82, 2.24) is 0 Å². The zero-order valence-corrected chi connectivity index (χ0v) is 12.0. The maximum absolute atomic E-state index is 14.0. The van der Waals surface area contributed by atoms with Gasteiger partial charge in [-0.3, -0.25) is 0 Å². The van der Waals surface area contributed by atoms with E-state index in [0.717, 1.165) is 5.56 Å². The predicted molar refractivity (Wildman–Crippen MR) is 75.9 cm³/mol. The second kappa shape index (κ2) is 5.90. The smallest absolute Gasteiger partial charge is 0.145 e. The molecular formula is C16H15ClF2O. The molecule has 1 nitrogen and oxygen atoms in total. The van der Waals surface area contributed by atoms with Crippen LogP contribution in [0, 0.1) is 25.5 Å². The van der Waals surface area contributed by atoms with Gasteiger partial charge in [-0.2, -0.15) is 0 Å². The highest BCUT2D eigenvalue weighted by Crippen LogP contribution is 2.28. The Balaban J connectivity index is 2.33. The van der Waals surface area contributed by atoms with Crippen molar-refractivity contribution in [3.8, 4) is 0 Å². The molecule has 0 heterocycles. The molecule has 0 bridgehead atoms. The van der Waals surface area contributed by atoms with Gasteiger partial charge in [-0.05, 0) is 42.7 Å². The normalized spacial score (nSPS) is 12.5. The van der Waals surface area contributed by atoms with Gasteiger partial charge < -0.3 is 5.11 Å². The summed E-state index contributed by atoms with van der Waals surface area (Å²) >= 11 is 5.70. The molecule has 0 aliphatic heterocycles. The molecule has 0 amide bonds. The molecule has 20 heavy (non-hydrogen) atoms. The average Bonchev–Trinajstić information content (AvgIpc) is 2.33. The van der Waals surface area contributed by atoms with Gasteiger partial charge in [-0.15, -0.1) is 0 Å². The molecule has 4 heteroatoms. The lowest BCUT2D eigenvalue weighted by Gasteiger charge is -2.16. The fraction of sp³-hybridized carbons (Fsp3) is 0.250. The number of benzene rings is 2. The van der Waals surface area contributed by atoms with Crippen molar-refractivity contribution in [1.29, 1.82) is 0 Å². The van der Waals surface area contributed by atoms with Gasteiger partial charge >= 0.3 is 0 Å². The Morgan fingerprint density at radius 3 is 2.55 bits per heavy atom. The van der Waals surface area contributed by atoms with Crippen LogP contribution in [-0.2, 0) is 6.42 Å². The molecule has 1 atom stereocenters. The van der Waals surface area contributed by atoms with Crippen molar-refractivity contribution in [2.45, 2.75) is 26.4 Å². The molecule has 0 saturated carbocycles. The monoisotopic (exact) mass is 296 g/mol. The summed E-state index contributed by atoms with van der Waals surface area (Å²) in [5.41, 5.74) is 1.90. The van der Waals surface area contributed by atoms with E-state index in [1.807, 2.05) is 0 Å². The van der Waals surface area contributed by atoms with Crippen LogP contribution in [0.15, 0.2) is 30.3 Å². The summed E-state index contributed by atoms with van der Waals surface area (Å²) in [6, 6.07) is 7.72. The lowest BCUT2D eigenvalue weighted by molar-refractivity contribution is 0.171. The van der Waals surface area contributed by atoms with E-state index in [2.05, 4.69) is 0 Å². The molecule has 1 N–H and O–H groups in total. The molecule has 0 aliphatic carbocycles. The van der Waals surface area contributed by atoms with Gasteiger partial charge in [0.25, 0.3) is 0 Å². The van der Waals surface area contributed by atoms with E-state index in [4.69, 9.17) is 11.6 Å². The van der Waals surface area contributed by atoms with Crippen molar-refractivity contribution >= 4 is 11.6 Å². The molecule has 2 aromatic carbocycles. The van der Waals surface area contributed by atoms with E-state index in [-0.39, 0.29) is 22.6 Å². The van der Waals surface area contributed by atoms with Gasteiger partial charge in [0.15, 0.2) is 0 Å². The molecule has 0 spiro atoms. The Morgan fingerprint density at radius 2 is 1.90 bits per heavy atom. The summed E-state index contributed by atoms with van der Waals surface area (Å²) in [6.07, 6.45) is -1.13. The van der Waals surface area contributed by atoms with Gasteiger partial charge in [0, 0.05) is 12.0 Å². The van der Waals surface area contributed by atoms with E-state index in [1.165, 1.54) is 18.2 Å². The number of rotatable bonds is 3. The van der Waals surface area contributed by atoms with Crippen LogP contribution >= 0.6 is 11.6 Å². The summed E-state index contributed by atoms with van der Waals surface area (Å²) in [5.74, 6) is -1.05. The molecule has 2 rings (SSSR count). The topological polar surface area (TPSA) is 20.2 Å². The van der Waals surface area contributed by atoms with Crippen molar-refractivity contribution in [2.75, 3.05) is 0 Å². The number of hydrogen-bond donors (Lipinski definition) is 1. The zero-order valence-electron chi connectivity index (χ0n) is 11.3. The highest BCUT2D eigenvalue weighted by atomic mass is 35.5. The Hall–Kier alpha value is -1.45. The second-order valence-corrected chi connectivity index (χ2v) is 5.32. The summed E-state index contributed by atoms with van der Waals surface area (Å²) in [7, 11) is 0. The van der Waals surface area contributed by atoms with E-state index < -0.39 is 17.7 Å². The van der Waals surface area contributed by atoms with Gasteiger partial charge in [0.2, 0.25) is 0 Å². The third kappa shape index (κ3) is 3.00. The minimum atomic E-state index is -1.11. The van der Waals surface area contributed by atoms with E-state index in [1.54, 1.807) is 26.0 Å². The third-order valence-electron chi connectivity index (χ3n) is 3.26. The van der Waals surface area contributed by atoms with Crippen molar-refractivity contribution in [3.63, 3.8) is 0 Å². The summed E-state index contributed by atoms with van der Waals surface area (Å²) in [6.45, 7) is 3.51. The van der Waals surface area contributed by atoms with Crippen molar-refractivity contribution in [2.24, 2.45) is 0 Å². The maximum Gasteiger partial charge on any atom is 0.145 e. The Morgan fingerprint density at radius 1 is 1.20 bits per heavy atom. The first-order chi connectivity index (χ1) is 9.40. The van der Waals surface area contributed by atoms with Crippen LogP contribution in [0.1, 0.15) is 28.4 Å². The van der Waals surface area contributed by atoms with Crippen LogP contribution in [0.2, 0.25) is 5.02 Å². The van der Waals surface area contributed by atoms with Crippen molar-refractivity contribution in [3.05, 3.63) is 69.2 Å². The minimum absolute atomic E-state index is 0.00389. The quantitative estimate of drug-likeness (QED) is 0.883. The molecule has 0 radical (unpaired) electrons. The van der Waals surface area contributed by atoms with E-state index in [0.29, 0.717) is 5.56 Å². The summed E-state index contributed by atoms with van der Waals surface area (Å²) in [5, 5.41) is 10.2. The summed E-state index contributed by atoms with van der Waals surface area (Å²) < 4.78 is 27.8.